The van der Waals surface area contributed by atoms with Crippen LogP contribution in [0.2, 0.25) is 0 Å². The first-order valence-electron chi connectivity index (χ1n) is 3.96. The van der Waals surface area contributed by atoms with Gasteiger partial charge in [0, 0.05) is 19.6 Å². The molecule has 0 aromatic heterocycles. The van der Waals surface area contributed by atoms with Gasteiger partial charge in [-0.3, -0.25) is 4.79 Å². The Balaban J connectivity index is 0.000000720. The summed E-state index contributed by atoms with van der Waals surface area (Å²) in [7, 11) is 0. The van der Waals surface area contributed by atoms with E-state index in [1.807, 2.05) is 4.90 Å². The lowest BCUT2D eigenvalue weighted by Gasteiger charge is -2.39. The van der Waals surface area contributed by atoms with Crippen LogP contribution >= 0.6 is 24.8 Å². The number of morpholine rings is 1. The van der Waals surface area contributed by atoms with Gasteiger partial charge in [0.15, 0.2) is 0 Å². The fraction of sp³-hybridized carbons (Fsp3) is 0.857. The molecule has 2 rings (SSSR count). The topological polar surface area (TPSA) is 41.6 Å². The van der Waals surface area contributed by atoms with E-state index < -0.39 is 0 Å². The van der Waals surface area contributed by atoms with E-state index in [2.05, 4.69) is 5.32 Å². The summed E-state index contributed by atoms with van der Waals surface area (Å²) in [4.78, 5) is 13.1. The molecule has 2 fully saturated rings. The number of hydrogen-bond acceptors (Lipinski definition) is 3. The van der Waals surface area contributed by atoms with Crippen molar-refractivity contribution < 1.29 is 9.53 Å². The van der Waals surface area contributed by atoms with E-state index in [0.717, 1.165) is 19.6 Å². The third-order valence-electron chi connectivity index (χ3n) is 2.21. The number of carbonyl (C=O) groups is 1. The zero-order valence-electron chi connectivity index (χ0n) is 7.19. The molecule has 2 aliphatic heterocycles. The van der Waals surface area contributed by atoms with E-state index in [9.17, 15) is 4.79 Å². The normalized spacial score (nSPS) is 26.9. The van der Waals surface area contributed by atoms with E-state index >= 15 is 0 Å². The highest BCUT2D eigenvalue weighted by Crippen LogP contribution is 2.09. The summed E-state index contributed by atoms with van der Waals surface area (Å²) in [6, 6.07) is 0.282. The number of nitrogens with one attached hydrogen (secondary N) is 1. The molecule has 0 radical (unpaired) electrons. The van der Waals surface area contributed by atoms with Crippen LogP contribution in [0, 0.1) is 0 Å². The summed E-state index contributed by atoms with van der Waals surface area (Å²) in [5.74, 6) is 0.141. The minimum Gasteiger partial charge on any atom is -0.369 e. The molecule has 2 heterocycles. The SMILES string of the molecule is Cl.Cl.O=C1COCC2CNCCN12. The number of carbonyl (C=O) groups excluding carboxylic acids is 1. The molecule has 4 nitrogen and oxygen atoms in total. The van der Waals surface area contributed by atoms with E-state index in [-0.39, 0.29) is 43.4 Å². The summed E-state index contributed by atoms with van der Waals surface area (Å²) in [5, 5.41) is 3.23. The van der Waals surface area contributed by atoms with Crippen molar-refractivity contribution in [1.29, 1.82) is 0 Å². The number of piperazine rings is 1. The summed E-state index contributed by atoms with van der Waals surface area (Å²) >= 11 is 0. The monoisotopic (exact) mass is 228 g/mol. The third kappa shape index (κ3) is 2.71. The number of rotatable bonds is 0. The van der Waals surface area contributed by atoms with Crippen LogP contribution in [0.3, 0.4) is 0 Å². The van der Waals surface area contributed by atoms with Gasteiger partial charge in [-0.1, -0.05) is 0 Å². The number of fused-ring (bicyclic) bond motifs is 1. The number of amides is 1. The maximum atomic E-state index is 11.2. The van der Waals surface area contributed by atoms with Gasteiger partial charge in [-0.05, 0) is 0 Å². The number of halogens is 2. The van der Waals surface area contributed by atoms with Crippen LogP contribution in [-0.4, -0.2) is 49.7 Å². The molecule has 1 N–H and O–H groups in total. The van der Waals surface area contributed by atoms with Gasteiger partial charge in [-0.25, -0.2) is 0 Å². The molecule has 0 aromatic rings. The first-order chi connectivity index (χ1) is 5.38. The van der Waals surface area contributed by atoms with Gasteiger partial charge in [-0.2, -0.15) is 0 Å². The fourth-order valence-electron chi connectivity index (χ4n) is 1.60. The van der Waals surface area contributed by atoms with Crippen molar-refractivity contribution in [2.75, 3.05) is 32.8 Å². The van der Waals surface area contributed by atoms with Gasteiger partial charge in [0.1, 0.15) is 6.61 Å². The van der Waals surface area contributed by atoms with Crippen molar-refractivity contribution in [3.05, 3.63) is 0 Å². The molecule has 1 unspecified atom stereocenters. The molecule has 2 aliphatic rings. The minimum absolute atomic E-state index is 0. The van der Waals surface area contributed by atoms with E-state index in [4.69, 9.17) is 4.74 Å². The molecular formula is C7H14Cl2N2O2. The zero-order chi connectivity index (χ0) is 7.68. The molecule has 0 saturated carbocycles. The smallest absolute Gasteiger partial charge is 0.248 e. The summed E-state index contributed by atoms with van der Waals surface area (Å²) in [6.07, 6.45) is 0. The molecule has 1 atom stereocenters. The first-order valence-corrected chi connectivity index (χ1v) is 3.96. The molecule has 1 amide bonds. The highest BCUT2D eigenvalue weighted by atomic mass is 35.5. The van der Waals surface area contributed by atoms with Crippen molar-refractivity contribution in [1.82, 2.24) is 10.2 Å². The average molecular weight is 229 g/mol. The Morgan fingerprint density at radius 1 is 1.46 bits per heavy atom. The second-order valence-corrected chi connectivity index (χ2v) is 2.96. The van der Waals surface area contributed by atoms with Crippen LogP contribution in [0.5, 0.6) is 0 Å². The lowest BCUT2D eigenvalue weighted by molar-refractivity contribution is -0.149. The van der Waals surface area contributed by atoms with Gasteiger partial charge in [0.05, 0.1) is 12.6 Å². The molecule has 78 valence electrons. The van der Waals surface area contributed by atoms with Gasteiger partial charge >= 0.3 is 0 Å². The van der Waals surface area contributed by atoms with Crippen LogP contribution in [0.4, 0.5) is 0 Å². The maximum absolute atomic E-state index is 11.2. The van der Waals surface area contributed by atoms with Crippen LogP contribution in [-0.2, 0) is 9.53 Å². The van der Waals surface area contributed by atoms with E-state index in [1.165, 1.54) is 0 Å². The number of nitrogens with zero attached hydrogens (tertiary/aromatic N) is 1. The Kier molecular flexibility index (Phi) is 5.64. The average Bonchev–Trinajstić information content (AvgIpc) is 2.06. The Hall–Kier alpha value is -0.0300. The van der Waals surface area contributed by atoms with Crippen molar-refractivity contribution >= 4 is 30.7 Å². The Bertz CT molecular complexity index is 178. The quantitative estimate of drug-likeness (QED) is 0.618. The van der Waals surface area contributed by atoms with Crippen LogP contribution < -0.4 is 5.32 Å². The second kappa shape index (κ2) is 5.65. The maximum Gasteiger partial charge on any atom is 0.248 e. The predicted octanol–water partition coefficient (Wildman–Crippen LogP) is -0.339. The Morgan fingerprint density at radius 2 is 2.23 bits per heavy atom. The molecule has 2 saturated heterocycles. The Labute approximate surface area is 89.8 Å². The van der Waals surface area contributed by atoms with Crippen molar-refractivity contribution in [2.45, 2.75) is 6.04 Å². The predicted molar refractivity (Wildman–Crippen MR) is 53.7 cm³/mol. The van der Waals surface area contributed by atoms with Crippen molar-refractivity contribution in [3.8, 4) is 0 Å². The van der Waals surface area contributed by atoms with Gasteiger partial charge in [-0.15, -0.1) is 24.8 Å². The largest absolute Gasteiger partial charge is 0.369 e. The molecule has 0 aliphatic carbocycles. The molecule has 0 bridgehead atoms. The summed E-state index contributed by atoms with van der Waals surface area (Å²) in [6.45, 7) is 3.61. The van der Waals surface area contributed by atoms with Crippen molar-refractivity contribution in [2.24, 2.45) is 0 Å². The van der Waals surface area contributed by atoms with Crippen molar-refractivity contribution in [3.63, 3.8) is 0 Å². The molecule has 13 heavy (non-hydrogen) atoms. The fourth-order valence-corrected chi connectivity index (χ4v) is 1.60. The van der Waals surface area contributed by atoms with Gasteiger partial charge in [0.25, 0.3) is 0 Å². The number of hydrogen-bond donors (Lipinski definition) is 1. The zero-order valence-corrected chi connectivity index (χ0v) is 8.83. The molecule has 0 aromatic carbocycles. The van der Waals surface area contributed by atoms with E-state index in [1.54, 1.807) is 0 Å². The van der Waals surface area contributed by atoms with Crippen LogP contribution in [0.1, 0.15) is 0 Å². The standard InChI is InChI=1S/C7H12N2O2.2ClH/c10-7-5-11-4-6-3-8-1-2-9(6)7;;/h6,8H,1-5H2;2*1H. The second-order valence-electron chi connectivity index (χ2n) is 2.96. The summed E-state index contributed by atoms with van der Waals surface area (Å²) in [5.41, 5.74) is 0. The van der Waals surface area contributed by atoms with Crippen LogP contribution in [0.25, 0.3) is 0 Å². The molecule has 6 heteroatoms. The number of ether oxygens (including phenoxy) is 1. The summed E-state index contributed by atoms with van der Waals surface area (Å²) < 4.78 is 5.12. The minimum atomic E-state index is 0. The first kappa shape index (κ1) is 13.0. The molecule has 0 spiro atoms. The highest BCUT2D eigenvalue weighted by molar-refractivity contribution is 5.85. The Morgan fingerprint density at radius 3 is 2.92 bits per heavy atom. The van der Waals surface area contributed by atoms with E-state index in [0.29, 0.717) is 6.61 Å². The van der Waals surface area contributed by atoms with Gasteiger partial charge in [0.2, 0.25) is 5.91 Å². The molecular weight excluding hydrogens is 215 g/mol. The lowest BCUT2D eigenvalue weighted by Crippen LogP contribution is -2.59. The van der Waals surface area contributed by atoms with Crippen LogP contribution in [0.15, 0.2) is 0 Å². The highest BCUT2D eigenvalue weighted by Gasteiger charge is 2.30. The lowest BCUT2D eigenvalue weighted by atomic mass is 10.2. The van der Waals surface area contributed by atoms with Gasteiger partial charge < -0.3 is 15.0 Å². The third-order valence-corrected chi connectivity index (χ3v) is 2.21.